The molecule has 0 aliphatic rings. The molecular weight excluding hydrogens is 183 g/mol. The Hall–Kier alpha value is -1.64. The van der Waals surface area contributed by atoms with Crippen molar-refractivity contribution in [3.63, 3.8) is 0 Å². The van der Waals surface area contributed by atoms with E-state index in [4.69, 9.17) is 4.74 Å². The maximum absolute atomic E-state index is 12.9. The summed E-state index contributed by atoms with van der Waals surface area (Å²) in [7, 11) is 1.50. The zero-order valence-corrected chi connectivity index (χ0v) is 8.08. The third kappa shape index (κ3) is 2.42. The van der Waals surface area contributed by atoms with Crippen LogP contribution in [-0.2, 0) is 4.79 Å². The molecule has 0 fully saturated rings. The van der Waals surface area contributed by atoms with Crippen LogP contribution in [0, 0.1) is 5.82 Å². The SMILES string of the molecule is COc1ccc(F)cc1/C=C(\C)C=O. The average molecular weight is 194 g/mol. The number of allylic oxidation sites excluding steroid dienone is 1. The first kappa shape index (κ1) is 10.4. The van der Waals surface area contributed by atoms with E-state index in [0.29, 0.717) is 23.2 Å². The molecule has 1 aromatic carbocycles. The molecule has 0 aliphatic heterocycles. The van der Waals surface area contributed by atoms with E-state index < -0.39 is 0 Å². The molecule has 0 bridgehead atoms. The number of carbonyl (C=O) groups is 1. The molecule has 0 spiro atoms. The van der Waals surface area contributed by atoms with E-state index in [1.54, 1.807) is 13.0 Å². The Kier molecular flexibility index (Phi) is 3.40. The molecule has 0 unspecified atom stereocenters. The highest BCUT2D eigenvalue weighted by atomic mass is 19.1. The van der Waals surface area contributed by atoms with Crippen LogP contribution in [0.4, 0.5) is 4.39 Å². The normalized spacial score (nSPS) is 11.2. The van der Waals surface area contributed by atoms with E-state index in [1.807, 2.05) is 0 Å². The van der Waals surface area contributed by atoms with Gasteiger partial charge in [0.1, 0.15) is 17.9 Å². The maximum Gasteiger partial charge on any atom is 0.145 e. The first-order chi connectivity index (χ1) is 6.67. The third-order valence-electron chi connectivity index (χ3n) is 1.76. The quantitative estimate of drug-likeness (QED) is 0.545. The minimum atomic E-state index is -0.351. The predicted octanol–water partition coefficient (Wildman–Crippen LogP) is 2.44. The van der Waals surface area contributed by atoms with Crippen LogP contribution in [0.3, 0.4) is 0 Å². The van der Waals surface area contributed by atoms with Crippen molar-refractivity contribution < 1.29 is 13.9 Å². The highest BCUT2D eigenvalue weighted by molar-refractivity contribution is 5.81. The predicted molar refractivity (Wildman–Crippen MR) is 52.7 cm³/mol. The van der Waals surface area contributed by atoms with E-state index in [-0.39, 0.29) is 5.82 Å². The second-order valence-electron chi connectivity index (χ2n) is 2.89. The van der Waals surface area contributed by atoms with Crippen molar-refractivity contribution in [2.24, 2.45) is 0 Å². The number of aldehydes is 1. The summed E-state index contributed by atoms with van der Waals surface area (Å²) in [6.07, 6.45) is 2.29. The summed E-state index contributed by atoms with van der Waals surface area (Å²) in [5.74, 6) is 0.198. The van der Waals surface area contributed by atoms with Crippen LogP contribution in [-0.4, -0.2) is 13.4 Å². The van der Waals surface area contributed by atoms with Crippen molar-refractivity contribution >= 4 is 12.4 Å². The molecule has 0 aliphatic carbocycles. The van der Waals surface area contributed by atoms with Crippen molar-refractivity contribution in [1.82, 2.24) is 0 Å². The van der Waals surface area contributed by atoms with E-state index in [1.165, 1.54) is 25.3 Å². The fraction of sp³-hybridized carbons (Fsp3) is 0.182. The number of hydrogen-bond acceptors (Lipinski definition) is 2. The van der Waals surface area contributed by atoms with Crippen LogP contribution in [0.1, 0.15) is 12.5 Å². The molecule has 0 amide bonds. The zero-order chi connectivity index (χ0) is 10.6. The third-order valence-corrected chi connectivity index (χ3v) is 1.76. The second kappa shape index (κ2) is 4.56. The van der Waals surface area contributed by atoms with Crippen molar-refractivity contribution in [3.8, 4) is 5.75 Å². The van der Waals surface area contributed by atoms with Gasteiger partial charge in [-0.25, -0.2) is 4.39 Å². The molecule has 1 rings (SSSR count). The number of ether oxygens (including phenoxy) is 1. The summed E-state index contributed by atoms with van der Waals surface area (Å²) in [5.41, 5.74) is 1.09. The molecule has 0 saturated carbocycles. The largest absolute Gasteiger partial charge is 0.496 e. The highest BCUT2D eigenvalue weighted by Gasteiger charge is 2.01. The van der Waals surface area contributed by atoms with Gasteiger partial charge in [-0.3, -0.25) is 4.79 Å². The van der Waals surface area contributed by atoms with E-state index in [0.717, 1.165) is 0 Å². The van der Waals surface area contributed by atoms with Crippen LogP contribution >= 0.6 is 0 Å². The van der Waals surface area contributed by atoms with Crippen molar-refractivity contribution in [2.45, 2.75) is 6.92 Å². The first-order valence-electron chi connectivity index (χ1n) is 4.14. The van der Waals surface area contributed by atoms with Gasteiger partial charge in [0.25, 0.3) is 0 Å². The minimum Gasteiger partial charge on any atom is -0.496 e. The van der Waals surface area contributed by atoms with Gasteiger partial charge in [-0.05, 0) is 36.8 Å². The number of benzene rings is 1. The Balaban J connectivity index is 3.17. The Bertz CT molecular complexity index is 370. The van der Waals surface area contributed by atoms with Gasteiger partial charge < -0.3 is 4.74 Å². The lowest BCUT2D eigenvalue weighted by atomic mass is 10.1. The molecule has 0 N–H and O–H groups in total. The van der Waals surface area contributed by atoms with Crippen LogP contribution < -0.4 is 4.74 Å². The molecule has 0 radical (unpaired) electrons. The number of methoxy groups -OCH3 is 1. The first-order valence-corrected chi connectivity index (χ1v) is 4.14. The van der Waals surface area contributed by atoms with E-state index >= 15 is 0 Å². The van der Waals surface area contributed by atoms with Gasteiger partial charge in [-0.15, -0.1) is 0 Å². The van der Waals surface area contributed by atoms with Crippen molar-refractivity contribution in [3.05, 3.63) is 35.2 Å². The Morgan fingerprint density at radius 3 is 2.79 bits per heavy atom. The molecule has 74 valence electrons. The van der Waals surface area contributed by atoms with Crippen LogP contribution in [0.5, 0.6) is 5.75 Å². The lowest BCUT2D eigenvalue weighted by Crippen LogP contribution is -1.89. The monoisotopic (exact) mass is 194 g/mol. The van der Waals surface area contributed by atoms with Crippen molar-refractivity contribution in [1.29, 1.82) is 0 Å². The molecule has 2 nitrogen and oxygen atoms in total. The smallest absolute Gasteiger partial charge is 0.145 e. The van der Waals surface area contributed by atoms with Crippen molar-refractivity contribution in [2.75, 3.05) is 7.11 Å². The molecule has 0 saturated heterocycles. The maximum atomic E-state index is 12.9. The zero-order valence-electron chi connectivity index (χ0n) is 8.08. The summed E-state index contributed by atoms with van der Waals surface area (Å²) in [6.45, 7) is 1.65. The van der Waals surface area contributed by atoms with E-state index in [2.05, 4.69) is 0 Å². The summed E-state index contributed by atoms with van der Waals surface area (Å²) in [6, 6.07) is 4.16. The number of rotatable bonds is 3. The summed E-state index contributed by atoms with van der Waals surface area (Å²) in [5, 5.41) is 0. The number of halogens is 1. The van der Waals surface area contributed by atoms with Gasteiger partial charge in [-0.1, -0.05) is 0 Å². The number of carbonyl (C=O) groups excluding carboxylic acids is 1. The summed E-state index contributed by atoms with van der Waals surface area (Å²) >= 11 is 0. The molecule has 3 heteroatoms. The molecule has 0 heterocycles. The Morgan fingerprint density at radius 1 is 1.50 bits per heavy atom. The fourth-order valence-corrected chi connectivity index (χ4v) is 1.10. The van der Waals surface area contributed by atoms with Crippen LogP contribution in [0.15, 0.2) is 23.8 Å². The van der Waals surface area contributed by atoms with Gasteiger partial charge in [0, 0.05) is 5.56 Å². The summed E-state index contributed by atoms with van der Waals surface area (Å²) < 4.78 is 17.9. The molecular formula is C11H11FO2. The van der Waals surface area contributed by atoms with Gasteiger partial charge >= 0.3 is 0 Å². The lowest BCUT2D eigenvalue weighted by Gasteiger charge is -2.04. The second-order valence-corrected chi connectivity index (χ2v) is 2.89. The number of hydrogen-bond donors (Lipinski definition) is 0. The van der Waals surface area contributed by atoms with Gasteiger partial charge in [0.15, 0.2) is 0 Å². The van der Waals surface area contributed by atoms with Crippen LogP contribution in [0.25, 0.3) is 6.08 Å². The topological polar surface area (TPSA) is 26.3 Å². The van der Waals surface area contributed by atoms with Gasteiger partial charge in [0.2, 0.25) is 0 Å². The Labute approximate surface area is 82.0 Å². The molecule has 14 heavy (non-hydrogen) atoms. The van der Waals surface area contributed by atoms with Crippen LogP contribution in [0.2, 0.25) is 0 Å². The average Bonchev–Trinajstić information content (AvgIpc) is 2.18. The van der Waals surface area contributed by atoms with Gasteiger partial charge in [-0.2, -0.15) is 0 Å². The fourth-order valence-electron chi connectivity index (χ4n) is 1.10. The molecule has 1 aromatic rings. The molecule has 0 aromatic heterocycles. The highest BCUT2D eigenvalue weighted by Crippen LogP contribution is 2.21. The Morgan fingerprint density at radius 2 is 2.21 bits per heavy atom. The minimum absolute atomic E-state index is 0.351. The lowest BCUT2D eigenvalue weighted by molar-refractivity contribution is -0.104. The van der Waals surface area contributed by atoms with Gasteiger partial charge in [0.05, 0.1) is 7.11 Å². The standard InChI is InChI=1S/C11H11FO2/c1-8(7-13)5-9-6-10(12)3-4-11(9)14-2/h3-7H,1-2H3/b8-5+. The summed E-state index contributed by atoms with van der Waals surface area (Å²) in [4.78, 5) is 10.4. The molecule has 0 atom stereocenters. The van der Waals surface area contributed by atoms with E-state index in [9.17, 15) is 9.18 Å².